The monoisotopic (exact) mass is 136 g/mol. The van der Waals surface area contributed by atoms with E-state index < -0.39 is 6.10 Å². The third-order valence-electron chi connectivity index (χ3n) is 0.567. The molecule has 0 saturated carbocycles. The lowest BCUT2D eigenvalue weighted by atomic mass is 10.4. The number of ether oxygens (including phenoxy) is 1. The first-order chi connectivity index (χ1) is 3.81. The van der Waals surface area contributed by atoms with Crippen LogP contribution < -0.4 is 0 Å². The molecule has 3 nitrogen and oxygen atoms in total. The van der Waals surface area contributed by atoms with Crippen LogP contribution in [0, 0.1) is 0 Å². The lowest BCUT2D eigenvalue weighted by Crippen LogP contribution is -2.18. The third-order valence-corrected chi connectivity index (χ3v) is 0.703. The summed E-state index contributed by atoms with van der Waals surface area (Å²) in [6.45, 7) is -0.219. The summed E-state index contributed by atoms with van der Waals surface area (Å²) in [6, 6.07) is 0. The van der Waals surface area contributed by atoms with E-state index in [2.05, 4.69) is 17.0 Å². The van der Waals surface area contributed by atoms with E-state index in [4.69, 9.17) is 10.2 Å². The summed E-state index contributed by atoms with van der Waals surface area (Å²) in [7, 11) is 0. The van der Waals surface area contributed by atoms with Crippen LogP contribution in [0.15, 0.2) is 0 Å². The number of thiocarbonyl (C=S) groups is 1. The molecule has 0 spiro atoms. The van der Waals surface area contributed by atoms with E-state index in [1.807, 2.05) is 0 Å². The molecular weight excluding hydrogens is 128 g/mol. The molecule has 0 aromatic heterocycles. The lowest BCUT2D eigenvalue weighted by molar-refractivity contribution is 0.0530. The summed E-state index contributed by atoms with van der Waals surface area (Å²) in [5, 5.41) is 16.7. The van der Waals surface area contributed by atoms with Gasteiger partial charge in [0.15, 0.2) is 0 Å². The molecule has 0 aliphatic heterocycles. The minimum atomic E-state index is -0.811. The summed E-state index contributed by atoms with van der Waals surface area (Å²) in [6.07, 6.45) is -0.811. The van der Waals surface area contributed by atoms with E-state index in [0.717, 1.165) is 5.55 Å². The fourth-order valence-corrected chi connectivity index (χ4v) is 0.282. The van der Waals surface area contributed by atoms with E-state index in [0.29, 0.717) is 0 Å². The SMILES string of the molecule is OCC(O)COC=S. The maximum Gasteiger partial charge on any atom is 0.146 e. The third kappa shape index (κ3) is 3.98. The molecule has 0 aliphatic rings. The Morgan fingerprint density at radius 1 is 1.75 bits per heavy atom. The highest BCUT2D eigenvalue weighted by molar-refractivity contribution is 7.78. The van der Waals surface area contributed by atoms with Gasteiger partial charge >= 0.3 is 0 Å². The van der Waals surface area contributed by atoms with Gasteiger partial charge in [0, 0.05) is 0 Å². The van der Waals surface area contributed by atoms with Gasteiger partial charge in [-0.3, -0.25) is 0 Å². The van der Waals surface area contributed by atoms with Crippen molar-refractivity contribution >= 4 is 17.8 Å². The number of hydrogen-bond donors (Lipinski definition) is 2. The molecule has 0 aliphatic carbocycles. The van der Waals surface area contributed by atoms with Gasteiger partial charge in [-0.2, -0.15) is 0 Å². The van der Waals surface area contributed by atoms with Gasteiger partial charge in [-0.1, -0.05) is 0 Å². The summed E-state index contributed by atoms with van der Waals surface area (Å²) >= 11 is 4.28. The van der Waals surface area contributed by atoms with Crippen molar-refractivity contribution in [1.82, 2.24) is 0 Å². The Balaban J connectivity index is 2.97. The summed E-state index contributed by atoms with van der Waals surface area (Å²) in [4.78, 5) is 0. The molecule has 48 valence electrons. The van der Waals surface area contributed by atoms with E-state index in [1.54, 1.807) is 0 Å². The Kier molecular flexibility index (Phi) is 4.84. The summed E-state index contributed by atoms with van der Waals surface area (Å²) in [5.41, 5.74) is 1.05. The first-order valence-corrected chi connectivity index (χ1v) is 2.62. The molecule has 1 unspecified atom stereocenters. The van der Waals surface area contributed by atoms with Gasteiger partial charge in [-0.15, -0.1) is 0 Å². The van der Waals surface area contributed by atoms with Gasteiger partial charge < -0.3 is 14.9 Å². The second-order valence-electron chi connectivity index (χ2n) is 1.27. The zero-order valence-corrected chi connectivity index (χ0v) is 5.10. The van der Waals surface area contributed by atoms with Crippen molar-refractivity contribution in [3.05, 3.63) is 0 Å². The van der Waals surface area contributed by atoms with Crippen molar-refractivity contribution < 1.29 is 14.9 Å². The van der Waals surface area contributed by atoms with Gasteiger partial charge in [0.1, 0.15) is 18.3 Å². The van der Waals surface area contributed by atoms with Crippen molar-refractivity contribution in [2.75, 3.05) is 13.2 Å². The standard InChI is InChI=1S/C4H8O3S/c5-1-4(6)2-7-3-8/h3-6H,1-2H2. The second-order valence-corrected chi connectivity index (χ2v) is 1.46. The first-order valence-electron chi connectivity index (χ1n) is 2.15. The Bertz CT molecular complexity index is 66.3. The molecular formula is C4H8O3S. The van der Waals surface area contributed by atoms with Gasteiger partial charge in [-0.05, 0) is 12.2 Å². The molecule has 2 N–H and O–H groups in total. The molecule has 0 rings (SSSR count). The number of hydrogen-bond acceptors (Lipinski definition) is 4. The van der Waals surface area contributed by atoms with Crippen molar-refractivity contribution in [1.29, 1.82) is 0 Å². The molecule has 0 saturated heterocycles. The topological polar surface area (TPSA) is 49.7 Å². The lowest BCUT2D eigenvalue weighted by Gasteiger charge is -2.03. The maximum absolute atomic E-state index is 8.55. The highest BCUT2D eigenvalue weighted by atomic mass is 32.1. The average molecular weight is 136 g/mol. The molecule has 0 aromatic carbocycles. The fraction of sp³-hybridized carbons (Fsp3) is 0.750. The van der Waals surface area contributed by atoms with Crippen LogP contribution in [-0.2, 0) is 4.74 Å². The Morgan fingerprint density at radius 2 is 2.38 bits per heavy atom. The molecule has 0 amide bonds. The first kappa shape index (κ1) is 7.81. The number of rotatable bonds is 4. The molecule has 0 fully saturated rings. The van der Waals surface area contributed by atoms with Gasteiger partial charge in [-0.25, -0.2) is 0 Å². The molecule has 8 heavy (non-hydrogen) atoms. The normalized spacial score (nSPS) is 12.8. The molecule has 1 atom stereocenters. The van der Waals surface area contributed by atoms with E-state index in [9.17, 15) is 0 Å². The smallest absolute Gasteiger partial charge is 0.146 e. The van der Waals surface area contributed by atoms with Crippen molar-refractivity contribution in [3.8, 4) is 0 Å². The summed E-state index contributed by atoms with van der Waals surface area (Å²) < 4.78 is 4.47. The predicted molar refractivity (Wildman–Crippen MR) is 32.7 cm³/mol. The second kappa shape index (κ2) is 4.96. The predicted octanol–water partition coefficient (Wildman–Crippen LogP) is -0.687. The van der Waals surface area contributed by atoms with E-state index in [1.165, 1.54) is 0 Å². The van der Waals surface area contributed by atoms with Crippen molar-refractivity contribution in [2.24, 2.45) is 0 Å². The zero-order valence-electron chi connectivity index (χ0n) is 4.28. The van der Waals surface area contributed by atoms with Gasteiger partial charge in [0.05, 0.1) is 6.61 Å². The van der Waals surface area contributed by atoms with Crippen LogP contribution >= 0.6 is 12.2 Å². The van der Waals surface area contributed by atoms with Crippen LogP contribution in [0.5, 0.6) is 0 Å². The molecule has 4 heteroatoms. The fourth-order valence-electron chi connectivity index (χ4n) is 0.203. The van der Waals surface area contributed by atoms with Crippen molar-refractivity contribution in [3.63, 3.8) is 0 Å². The van der Waals surface area contributed by atoms with Crippen LogP contribution in [0.4, 0.5) is 0 Å². The van der Waals surface area contributed by atoms with Crippen molar-refractivity contribution in [2.45, 2.75) is 6.10 Å². The minimum absolute atomic E-state index is 0.0694. The van der Waals surface area contributed by atoms with E-state index in [-0.39, 0.29) is 13.2 Å². The van der Waals surface area contributed by atoms with Crippen LogP contribution in [0.1, 0.15) is 0 Å². The van der Waals surface area contributed by atoms with Crippen LogP contribution in [0.3, 0.4) is 0 Å². The largest absolute Gasteiger partial charge is 0.487 e. The Hall–Kier alpha value is -0.190. The van der Waals surface area contributed by atoms with Gasteiger partial charge in [0.25, 0.3) is 0 Å². The van der Waals surface area contributed by atoms with Crippen LogP contribution in [-0.4, -0.2) is 35.1 Å². The number of aliphatic hydroxyl groups is 2. The van der Waals surface area contributed by atoms with Crippen LogP contribution in [0.2, 0.25) is 0 Å². The average Bonchev–Trinajstić information content (AvgIpc) is 1.83. The minimum Gasteiger partial charge on any atom is -0.487 e. The number of aliphatic hydroxyl groups excluding tert-OH is 2. The molecule has 0 heterocycles. The summed E-state index contributed by atoms with van der Waals surface area (Å²) in [5.74, 6) is 0. The Labute approximate surface area is 52.9 Å². The Morgan fingerprint density at radius 3 is 2.75 bits per heavy atom. The van der Waals surface area contributed by atoms with Crippen LogP contribution in [0.25, 0.3) is 0 Å². The van der Waals surface area contributed by atoms with E-state index >= 15 is 0 Å². The zero-order chi connectivity index (χ0) is 6.41. The molecule has 0 bridgehead atoms. The van der Waals surface area contributed by atoms with Gasteiger partial charge in [0.2, 0.25) is 0 Å². The quantitative estimate of drug-likeness (QED) is 0.502. The molecule has 0 radical (unpaired) electrons. The highest BCUT2D eigenvalue weighted by Gasteiger charge is 1.98. The maximum atomic E-state index is 8.55. The molecule has 0 aromatic rings. The highest BCUT2D eigenvalue weighted by Crippen LogP contribution is 1.79.